The Bertz CT molecular complexity index is 303. The zero-order chi connectivity index (χ0) is 16.2. The molecule has 11 heteroatoms. The first kappa shape index (κ1) is 19.6. The van der Waals surface area contributed by atoms with Gasteiger partial charge in [-0.25, -0.2) is 0 Å². The summed E-state index contributed by atoms with van der Waals surface area (Å²) in [6.07, 6.45) is -5.46. The van der Waals surface area contributed by atoms with Crippen molar-refractivity contribution in [1.29, 1.82) is 0 Å². The number of hydrogen-bond acceptors (Lipinski definition) is 4. The van der Waals surface area contributed by atoms with Crippen molar-refractivity contribution in [2.75, 3.05) is 27.9 Å². The van der Waals surface area contributed by atoms with Gasteiger partial charge in [-0.2, -0.15) is 26.3 Å². The number of hydrogen-bond donors (Lipinski definition) is 0. The highest BCUT2D eigenvalue weighted by molar-refractivity contribution is 6.63. The first-order valence-corrected chi connectivity index (χ1v) is 7.15. The third-order valence-electron chi connectivity index (χ3n) is 2.44. The van der Waals surface area contributed by atoms with E-state index in [0.717, 1.165) is 0 Å². The number of ether oxygens (including phenoxy) is 1. The van der Waals surface area contributed by atoms with E-state index in [1.807, 2.05) is 0 Å². The molecular weight excluding hydrogens is 314 g/mol. The second kappa shape index (κ2) is 6.60. The molecule has 0 unspecified atom stereocenters. The smallest absolute Gasteiger partial charge is 0.373 e. The van der Waals surface area contributed by atoms with E-state index >= 15 is 0 Å². The molecule has 0 aliphatic carbocycles. The van der Waals surface area contributed by atoms with Crippen molar-refractivity contribution in [3.63, 3.8) is 0 Å². The second-order valence-electron chi connectivity index (χ2n) is 3.68. The molecule has 0 atom stereocenters. The predicted octanol–water partition coefficient (Wildman–Crippen LogP) is 2.69. The van der Waals surface area contributed by atoms with Crippen molar-refractivity contribution >= 4 is 8.80 Å². The molecule has 0 aromatic carbocycles. The zero-order valence-corrected chi connectivity index (χ0v) is 12.3. The quantitative estimate of drug-likeness (QED) is 0.481. The van der Waals surface area contributed by atoms with E-state index in [1.54, 1.807) is 0 Å². The second-order valence-corrected chi connectivity index (χ2v) is 6.65. The summed E-state index contributed by atoms with van der Waals surface area (Å²) in [6.45, 7) is 0.533. The van der Waals surface area contributed by atoms with Gasteiger partial charge < -0.3 is 18.0 Å². The van der Waals surface area contributed by atoms with Crippen LogP contribution in [-0.2, 0) is 18.0 Å². The monoisotopic (exact) mass is 330 g/mol. The average molecular weight is 330 g/mol. The van der Waals surface area contributed by atoms with Gasteiger partial charge in [-0.3, -0.25) is 0 Å². The molecule has 20 heavy (non-hydrogen) atoms. The molecule has 0 N–H and O–H groups in total. The van der Waals surface area contributed by atoms with Gasteiger partial charge in [0.25, 0.3) is 0 Å². The van der Waals surface area contributed by atoms with Crippen LogP contribution < -0.4 is 0 Å². The summed E-state index contributed by atoms with van der Waals surface area (Å²) in [6, 6.07) is 0. The van der Waals surface area contributed by atoms with Crippen LogP contribution in [0.25, 0.3) is 0 Å². The average Bonchev–Trinajstić information content (AvgIpc) is 2.38. The third kappa shape index (κ3) is 2.96. The Labute approximate surface area is 113 Å². The van der Waals surface area contributed by atoms with Gasteiger partial charge in [0, 0.05) is 21.3 Å². The van der Waals surface area contributed by atoms with Crippen molar-refractivity contribution in [2.45, 2.75) is 30.9 Å². The molecule has 4 nitrogen and oxygen atoms in total. The van der Waals surface area contributed by atoms with E-state index in [9.17, 15) is 26.3 Å². The molecule has 0 fully saturated rings. The Morgan fingerprint density at radius 2 is 1.25 bits per heavy atom. The molecule has 0 aliphatic heterocycles. The van der Waals surface area contributed by atoms with Gasteiger partial charge in [0.15, 0.2) is 0 Å². The molecule has 0 aromatic rings. The Kier molecular flexibility index (Phi) is 6.48. The molecule has 0 rings (SSSR count). The van der Waals surface area contributed by atoms with Crippen molar-refractivity contribution in [2.24, 2.45) is 0 Å². The molecular formula is C9H16F6O4Si. The van der Waals surface area contributed by atoms with Gasteiger partial charge in [0.05, 0.1) is 6.61 Å². The number of rotatable bonds is 9. The molecule has 0 saturated carbocycles. The van der Waals surface area contributed by atoms with Gasteiger partial charge in [-0.05, 0) is 6.42 Å². The van der Waals surface area contributed by atoms with E-state index < -0.39 is 33.0 Å². The van der Waals surface area contributed by atoms with E-state index in [2.05, 4.69) is 18.0 Å². The van der Waals surface area contributed by atoms with Crippen LogP contribution in [0, 0.1) is 0 Å². The van der Waals surface area contributed by atoms with Crippen LogP contribution in [-0.4, -0.2) is 54.3 Å². The Morgan fingerprint density at radius 1 is 0.850 bits per heavy atom. The maximum absolute atomic E-state index is 13.8. The Hall–Kier alpha value is -0.363. The summed E-state index contributed by atoms with van der Waals surface area (Å²) in [5, 5.41) is 0. The van der Waals surface area contributed by atoms with E-state index in [0.29, 0.717) is 21.3 Å². The highest BCUT2D eigenvalue weighted by Crippen LogP contribution is 2.50. The fraction of sp³-hybridized carbons (Fsp3) is 1.00. The molecule has 0 spiro atoms. The highest BCUT2D eigenvalue weighted by Gasteiger charge is 2.84. The van der Waals surface area contributed by atoms with E-state index in [4.69, 9.17) is 0 Å². The lowest BCUT2D eigenvalue weighted by molar-refractivity contribution is -0.390. The number of halogens is 6. The summed E-state index contributed by atoms with van der Waals surface area (Å²) in [7, 11) is -3.56. The van der Waals surface area contributed by atoms with Gasteiger partial charge in [0.1, 0.15) is 0 Å². The van der Waals surface area contributed by atoms with Crippen LogP contribution in [0.15, 0.2) is 0 Å². The normalized spacial score (nSPS) is 14.7. The Balaban J connectivity index is 5.64. The van der Waals surface area contributed by atoms with E-state index in [-0.39, 0.29) is 6.42 Å². The molecule has 0 bridgehead atoms. The summed E-state index contributed by atoms with van der Waals surface area (Å²) in [4.78, 5) is 0. The minimum absolute atomic E-state index is 0.0569. The first-order valence-electron chi connectivity index (χ1n) is 5.42. The maximum Gasteiger partial charge on any atom is 0.581 e. The largest absolute Gasteiger partial charge is 0.581 e. The summed E-state index contributed by atoms with van der Waals surface area (Å²) in [5.74, 6) is -5.87. The lowest BCUT2D eigenvalue weighted by Gasteiger charge is -2.38. The predicted molar refractivity (Wildman–Crippen MR) is 57.9 cm³/mol. The van der Waals surface area contributed by atoms with Gasteiger partial charge >= 0.3 is 26.4 Å². The van der Waals surface area contributed by atoms with Gasteiger partial charge in [-0.15, -0.1) is 0 Å². The van der Waals surface area contributed by atoms with Crippen LogP contribution in [0.4, 0.5) is 26.3 Å². The topological polar surface area (TPSA) is 36.9 Å². The Morgan fingerprint density at radius 3 is 1.55 bits per heavy atom. The van der Waals surface area contributed by atoms with Gasteiger partial charge in [0.2, 0.25) is 0 Å². The van der Waals surface area contributed by atoms with Crippen LogP contribution >= 0.6 is 0 Å². The van der Waals surface area contributed by atoms with Crippen molar-refractivity contribution < 1.29 is 44.4 Å². The standard InChI is InChI=1S/C9H16F6O4Si/c1-5-6-19-8(12,13)7(10,11)9(14,15)20(16-2,17-3)18-4/h5-6H2,1-4H3. The fourth-order valence-electron chi connectivity index (χ4n) is 1.33. The molecule has 0 aromatic heterocycles. The molecule has 0 heterocycles. The summed E-state index contributed by atoms with van der Waals surface area (Å²) < 4.78 is 97.2. The van der Waals surface area contributed by atoms with E-state index in [1.165, 1.54) is 6.92 Å². The minimum atomic E-state index is -5.87. The molecule has 0 saturated heterocycles. The van der Waals surface area contributed by atoms with Crippen molar-refractivity contribution in [3.8, 4) is 0 Å². The minimum Gasteiger partial charge on any atom is -0.373 e. The fourth-order valence-corrected chi connectivity index (χ4v) is 3.13. The number of alkyl halides is 6. The van der Waals surface area contributed by atoms with Crippen LogP contribution in [0.2, 0.25) is 0 Å². The lowest BCUT2D eigenvalue weighted by Crippen LogP contribution is -2.71. The summed E-state index contributed by atoms with van der Waals surface area (Å²) >= 11 is 0. The SMILES string of the molecule is CCCOC(F)(F)C(F)(F)C(F)(F)[Si](OC)(OC)OC. The molecule has 0 amide bonds. The van der Waals surface area contributed by atoms with Crippen LogP contribution in [0.3, 0.4) is 0 Å². The highest BCUT2D eigenvalue weighted by atomic mass is 28.4. The summed E-state index contributed by atoms with van der Waals surface area (Å²) in [5.41, 5.74) is -5.39. The van der Waals surface area contributed by atoms with Crippen LogP contribution in [0.5, 0.6) is 0 Å². The van der Waals surface area contributed by atoms with Crippen molar-refractivity contribution in [1.82, 2.24) is 0 Å². The molecule has 122 valence electrons. The first-order chi connectivity index (χ1) is 8.99. The van der Waals surface area contributed by atoms with Gasteiger partial charge in [-0.1, -0.05) is 6.92 Å². The zero-order valence-electron chi connectivity index (χ0n) is 11.3. The lowest BCUT2D eigenvalue weighted by atomic mass is 10.3. The van der Waals surface area contributed by atoms with Crippen molar-refractivity contribution in [3.05, 3.63) is 0 Å². The third-order valence-corrected chi connectivity index (χ3v) is 5.13. The molecule has 0 radical (unpaired) electrons. The maximum atomic E-state index is 13.8. The van der Waals surface area contributed by atoms with Crippen LogP contribution in [0.1, 0.15) is 13.3 Å². The molecule has 0 aliphatic rings.